The molecule has 0 spiro atoms. The number of rotatable bonds is 17. The highest BCUT2D eigenvalue weighted by atomic mass is 15.1. The second-order valence-electron chi connectivity index (χ2n) is 7.64. The van der Waals surface area contributed by atoms with Gasteiger partial charge >= 0.3 is 0 Å². The van der Waals surface area contributed by atoms with Gasteiger partial charge in [-0.25, -0.2) is 9.13 Å². The van der Waals surface area contributed by atoms with Crippen LogP contribution in [0.5, 0.6) is 0 Å². The second kappa shape index (κ2) is 15.5. The van der Waals surface area contributed by atoms with Crippen molar-refractivity contribution in [2.24, 2.45) is 0 Å². The molecule has 146 valence electrons. The Morgan fingerprint density at radius 3 is 1.60 bits per heavy atom. The molecule has 1 aromatic heterocycles. The van der Waals surface area contributed by atoms with E-state index in [-0.39, 0.29) is 0 Å². The fourth-order valence-electron chi connectivity index (χ4n) is 3.87. The minimum absolute atomic E-state index is 1.09. The summed E-state index contributed by atoms with van der Waals surface area (Å²) in [5.41, 5.74) is 0. The molecule has 0 saturated carbocycles. The zero-order valence-corrected chi connectivity index (χ0v) is 17.6. The van der Waals surface area contributed by atoms with Gasteiger partial charge in [0, 0.05) is 6.42 Å². The highest BCUT2D eigenvalue weighted by molar-refractivity contribution is 4.82. The molecule has 2 heteroatoms. The van der Waals surface area contributed by atoms with Crippen molar-refractivity contribution in [2.75, 3.05) is 0 Å². The average molecular weight is 350 g/mol. The number of nitrogens with zero attached hydrogens (tertiary/aromatic N) is 2. The van der Waals surface area contributed by atoms with Gasteiger partial charge in [0.15, 0.2) is 0 Å². The van der Waals surface area contributed by atoms with Gasteiger partial charge in [-0.2, -0.15) is 0 Å². The van der Waals surface area contributed by atoms with Crippen molar-refractivity contribution in [2.45, 2.75) is 130 Å². The normalized spacial score (nSPS) is 11.3. The molecular weight excluding hydrogens is 304 g/mol. The topological polar surface area (TPSA) is 8.81 Å². The lowest BCUT2D eigenvalue weighted by molar-refractivity contribution is -0.704. The Balaban J connectivity index is 1.88. The number of hydrogen-bond acceptors (Lipinski definition) is 0. The molecule has 0 aromatic carbocycles. The lowest BCUT2D eigenvalue weighted by Crippen LogP contribution is -2.37. The molecule has 0 radical (unpaired) electrons. The fourth-order valence-corrected chi connectivity index (χ4v) is 3.87. The summed E-state index contributed by atoms with van der Waals surface area (Å²) in [7, 11) is 0. The summed E-state index contributed by atoms with van der Waals surface area (Å²) in [6.45, 7) is 9.09. The van der Waals surface area contributed by atoms with E-state index in [9.17, 15) is 0 Å². The van der Waals surface area contributed by atoms with Gasteiger partial charge in [-0.15, -0.1) is 0 Å². The zero-order chi connectivity index (χ0) is 18.2. The molecule has 1 heterocycles. The number of unbranched alkanes of at least 4 members (excludes halogenated alkanes) is 13. The minimum Gasteiger partial charge on any atom is -0.235 e. The van der Waals surface area contributed by atoms with E-state index in [4.69, 9.17) is 0 Å². The van der Waals surface area contributed by atoms with Gasteiger partial charge in [-0.3, -0.25) is 0 Å². The van der Waals surface area contributed by atoms with Crippen LogP contribution in [0, 0.1) is 0 Å². The first-order chi connectivity index (χ1) is 12.3. The van der Waals surface area contributed by atoms with E-state index in [1.165, 1.54) is 102 Å². The Hall–Kier alpha value is -0.790. The highest BCUT2D eigenvalue weighted by Gasteiger charge is 2.12. The molecule has 0 saturated heterocycles. The van der Waals surface area contributed by atoms with E-state index < -0.39 is 0 Å². The molecule has 2 nitrogen and oxygen atoms in total. The molecule has 0 amide bonds. The lowest BCUT2D eigenvalue weighted by atomic mass is 10.0. The van der Waals surface area contributed by atoms with Crippen molar-refractivity contribution < 1.29 is 4.57 Å². The average Bonchev–Trinajstić information content (AvgIpc) is 3.04. The standard InChI is InChI=1S/C23H45N2/c1-4-7-8-9-10-11-12-13-14-15-16-17-18-19-20-25-22-21-24(6-3)23(25)5-2/h21-22H,4-20H2,1-3H3/q+1. The van der Waals surface area contributed by atoms with Crippen LogP contribution in [0.3, 0.4) is 0 Å². The van der Waals surface area contributed by atoms with E-state index in [0.29, 0.717) is 0 Å². The first kappa shape index (κ1) is 22.3. The van der Waals surface area contributed by atoms with E-state index in [1.54, 1.807) is 0 Å². The minimum atomic E-state index is 1.09. The van der Waals surface area contributed by atoms with Crippen LogP contribution in [0.25, 0.3) is 0 Å². The lowest BCUT2D eigenvalue weighted by Gasteiger charge is -2.04. The van der Waals surface area contributed by atoms with Crippen LogP contribution in [0.1, 0.15) is 116 Å². The maximum absolute atomic E-state index is 2.46. The van der Waals surface area contributed by atoms with Crippen LogP contribution in [0.2, 0.25) is 0 Å². The van der Waals surface area contributed by atoms with Crippen LogP contribution >= 0.6 is 0 Å². The molecule has 0 unspecified atom stereocenters. The summed E-state index contributed by atoms with van der Waals surface area (Å²) in [5, 5.41) is 0. The first-order valence-corrected chi connectivity index (χ1v) is 11.4. The summed E-state index contributed by atoms with van der Waals surface area (Å²) in [5.74, 6) is 1.48. The van der Waals surface area contributed by atoms with Crippen LogP contribution < -0.4 is 4.57 Å². The molecule has 0 N–H and O–H groups in total. The Kier molecular flexibility index (Phi) is 13.8. The Morgan fingerprint density at radius 2 is 1.16 bits per heavy atom. The third-order valence-corrected chi connectivity index (χ3v) is 5.50. The Bertz CT molecular complexity index is 408. The summed E-state index contributed by atoms with van der Waals surface area (Å²) in [6, 6.07) is 0. The summed E-state index contributed by atoms with van der Waals surface area (Å²) >= 11 is 0. The number of aryl methyl sites for hydroxylation is 2. The van der Waals surface area contributed by atoms with Crippen molar-refractivity contribution >= 4 is 0 Å². The van der Waals surface area contributed by atoms with E-state index in [2.05, 4.69) is 42.3 Å². The summed E-state index contributed by atoms with van der Waals surface area (Å²) < 4.78 is 4.84. The number of imidazole rings is 1. The van der Waals surface area contributed by atoms with E-state index in [1.807, 2.05) is 0 Å². The third-order valence-electron chi connectivity index (χ3n) is 5.50. The van der Waals surface area contributed by atoms with Crippen LogP contribution in [0.4, 0.5) is 0 Å². The maximum atomic E-state index is 2.46. The molecule has 0 fully saturated rings. The van der Waals surface area contributed by atoms with Crippen molar-refractivity contribution in [1.82, 2.24) is 4.57 Å². The van der Waals surface area contributed by atoms with Crippen molar-refractivity contribution in [3.8, 4) is 0 Å². The van der Waals surface area contributed by atoms with Crippen LogP contribution in [-0.4, -0.2) is 4.57 Å². The van der Waals surface area contributed by atoms with E-state index >= 15 is 0 Å². The highest BCUT2D eigenvalue weighted by Crippen LogP contribution is 2.13. The first-order valence-electron chi connectivity index (χ1n) is 11.4. The number of hydrogen-bond donors (Lipinski definition) is 0. The van der Waals surface area contributed by atoms with Gasteiger partial charge in [-0.05, 0) is 19.8 Å². The summed E-state index contributed by atoms with van der Waals surface area (Å²) in [6.07, 6.45) is 25.8. The van der Waals surface area contributed by atoms with Crippen molar-refractivity contribution in [1.29, 1.82) is 0 Å². The van der Waals surface area contributed by atoms with Crippen molar-refractivity contribution in [3.05, 3.63) is 18.2 Å². The SMILES string of the molecule is CCCCCCCCCCCCCCCC[n+]1ccn(CC)c1CC. The molecular formula is C23H45N2+. The van der Waals surface area contributed by atoms with Crippen molar-refractivity contribution in [3.63, 3.8) is 0 Å². The summed E-state index contributed by atoms with van der Waals surface area (Å²) in [4.78, 5) is 0. The van der Waals surface area contributed by atoms with E-state index in [0.717, 1.165) is 13.0 Å². The quantitative estimate of drug-likeness (QED) is 0.215. The molecule has 25 heavy (non-hydrogen) atoms. The third kappa shape index (κ3) is 10.1. The predicted octanol–water partition coefficient (Wildman–Crippen LogP) is 6.84. The molecule has 0 aliphatic rings. The molecule has 0 bridgehead atoms. The fraction of sp³-hybridized carbons (Fsp3) is 0.870. The maximum Gasteiger partial charge on any atom is 0.256 e. The van der Waals surface area contributed by atoms with Gasteiger partial charge in [0.1, 0.15) is 12.4 Å². The van der Waals surface area contributed by atoms with Gasteiger partial charge in [0.2, 0.25) is 0 Å². The van der Waals surface area contributed by atoms with Gasteiger partial charge in [-0.1, -0.05) is 90.9 Å². The molecule has 0 aliphatic carbocycles. The second-order valence-corrected chi connectivity index (χ2v) is 7.64. The molecule has 1 rings (SSSR count). The zero-order valence-electron chi connectivity index (χ0n) is 17.6. The Labute approximate surface area is 158 Å². The molecule has 1 aromatic rings. The molecule has 0 aliphatic heterocycles. The van der Waals surface area contributed by atoms with Gasteiger partial charge in [0.25, 0.3) is 5.82 Å². The largest absolute Gasteiger partial charge is 0.256 e. The molecule has 0 atom stereocenters. The monoisotopic (exact) mass is 349 g/mol. The number of aromatic nitrogens is 2. The van der Waals surface area contributed by atoms with Crippen LogP contribution in [-0.2, 0) is 19.5 Å². The smallest absolute Gasteiger partial charge is 0.235 e. The van der Waals surface area contributed by atoms with Crippen LogP contribution in [0.15, 0.2) is 12.4 Å². The Morgan fingerprint density at radius 1 is 0.680 bits per heavy atom. The van der Waals surface area contributed by atoms with Gasteiger partial charge < -0.3 is 0 Å². The van der Waals surface area contributed by atoms with Gasteiger partial charge in [0.05, 0.1) is 13.1 Å². The predicted molar refractivity (Wildman–Crippen MR) is 110 cm³/mol.